The molecule has 0 bridgehead atoms. The van der Waals surface area contributed by atoms with Gasteiger partial charge < -0.3 is 14.8 Å². The van der Waals surface area contributed by atoms with Crippen LogP contribution in [0.5, 0.6) is 0 Å². The van der Waals surface area contributed by atoms with Gasteiger partial charge in [-0.2, -0.15) is 0 Å². The fourth-order valence-electron chi connectivity index (χ4n) is 2.45. The van der Waals surface area contributed by atoms with Crippen LogP contribution in [-0.4, -0.2) is 48.1 Å². The molecule has 0 unspecified atom stereocenters. The van der Waals surface area contributed by atoms with Crippen LogP contribution in [0.25, 0.3) is 0 Å². The highest BCUT2D eigenvalue weighted by atomic mass is 32.2. The van der Waals surface area contributed by atoms with Gasteiger partial charge in [0.1, 0.15) is 6.04 Å². The number of carbonyl (C=O) groups excluding carboxylic acids is 3. The second-order valence-corrected chi connectivity index (χ2v) is 7.34. The van der Waals surface area contributed by atoms with Gasteiger partial charge in [0.15, 0.2) is 0 Å². The van der Waals surface area contributed by atoms with Crippen LogP contribution in [0.1, 0.15) is 27.1 Å². The van der Waals surface area contributed by atoms with E-state index < -0.39 is 34.7 Å². The predicted octanol–water partition coefficient (Wildman–Crippen LogP) is 1.94. The molecule has 148 valence electrons. The number of amides is 1. The maximum atomic E-state index is 12.5. The van der Waals surface area contributed by atoms with Crippen LogP contribution in [0.15, 0.2) is 59.5 Å². The third kappa shape index (κ3) is 5.75. The number of hydrogen-bond donors (Lipinski definition) is 1. The van der Waals surface area contributed by atoms with Gasteiger partial charge in [0, 0.05) is 16.2 Å². The van der Waals surface area contributed by atoms with Crippen LogP contribution < -0.4 is 5.32 Å². The molecular weight excluding hydrogens is 382 g/mol. The largest absolute Gasteiger partial charge is 0.467 e. The van der Waals surface area contributed by atoms with Crippen molar-refractivity contribution < 1.29 is 28.1 Å². The number of ether oxygens (including phenoxy) is 2. The van der Waals surface area contributed by atoms with Crippen LogP contribution in [0.2, 0.25) is 0 Å². The molecule has 0 saturated heterocycles. The molecule has 7 nitrogen and oxygen atoms in total. The van der Waals surface area contributed by atoms with E-state index in [1.165, 1.54) is 32.4 Å². The molecule has 1 amide bonds. The summed E-state index contributed by atoms with van der Waals surface area (Å²) in [6.45, 7) is 0. The van der Waals surface area contributed by atoms with Gasteiger partial charge in [0.2, 0.25) is 0 Å². The van der Waals surface area contributed by atoms with E-state index >= 15 is 0 Å². The highest BCUT2D eigenvalue weighted by molar-refractivity contribution is 7.85. The SMILES string of the molecule is COC(=O)c1cccc(C(=O)N[C@H](CC[S@](=O)c2ccccc2)C(=O)OC)c1. The van der Waals surface area contributed by atoms with Crippen molar-refractivity contribution in [2.75, 3.05) is 20.0 Å². The van der Waals surface area contributed by atoms with Gasteiger partial charge in [0.05, 0.1) is 30.6 Å². The molecule has 2 rings (SSSR count). The quantitative estimate of drug-likeness (QED) is 0.677. The normalized spacial score (nSPS) is 12.5. The Morgan fingerprint density at radius 2 is 1.64 bits per heavy atom. The van der Waals surface area contributed by atoms with Crippen LogP contribution in [-0.2, 0) is 25.1 Å². The maximum Gasteiger partial charge on any atom is 0.337 e. The van der Waals surface area contributed by atoms with Gasteiger partial charge in [0.25, 0.3) is 5.91 Å². The number of rotatable bonds is 8. The van der Waals surface area contributed by atoms with Crippen LogP contribution >= 0.6 is 0 Å². The van der Waals surface area contributed by atoms with E-state index in [4.69, 9.17) is 4.74 Å². The van der Waals surface area contributed by atoms with Crippen molar-refractivity contribution >= 4 is 28.6 Å². The molecule has 0 heterocycles. The molecule has 8 heteroatoms. The summed E-state index contributed by atoms with van der Waals surface area (Å²) in [5.41, 5.74) is 0.413. The minimum absolute atomic E-state index is 0.136. The first kappa shape index (κ1) is 21.3. The molecule has 0 aliphatic heterocycles. The molecular formula is C20H21NO6S. The molecule has 0 saturated carbocycles. The Labute approximate surface area is 165 Å². The zero-order valence-electron chi connectivity index (χ0n) is 15.5. The first-order valence-corrected chi connectivity index (χ1v) is 9.78. The van der Waals surface area contributed by atoms with Crippen molar-refractivity contribution in [1.82, 2.24) is 5.32 Å². The molecule has 2 aromatic rings. The second kappa shape index (κ2) is 10.4. The molecule has 0 aliphatic carbocycles. The first-order chi connectivity index (χ1) is 13.5. The smallest absolute Gasteiger partial charge is 0.337 e. The zero-order chi connectivity index (χ0) is 20.5. The lowest BCUT2D eigenvalue weighted by Crippen LogP contribution is -2.42. The Morgan fingerprint density at radius 1 is 0.964 bits per heavy atom. The molecule has 2 atom stereocenters. The van der Waals surface area contributed by atoms with Crippen LogP contribution in [0, 0.1) is 0 Å². The highest BCUT2D eigenvalue weighted by Crippen LogP contribution is 2.10. The third-order valence-electron chi connectivity index (χ3n) is 3.93. The lowest BCUT2D eigenvalue weighted by atomic mass is 10.1. The van der Waals surface area contributed by atoms with Gasteiger partial charge in [-0.25, -0.2) is 9.59 Å². The van der Waals surface area contributed by atoms with E-state index in [-0.39, 0.29) is 23.3 Å². The standard InChI is InChI=1S/C20H21NO6S/c1-26-19(23)15-8-6-7-14(13-15)18(22)21-17(20(24)27-2)11-12-28(25)16-9-4-3-5-10-16/h3-10,13,17H,11-12H2,1-2H3,(H,21,22)/t17-,28+/m1/s1. The van der Waals surface area contributed by atoms with E-state index in [9.17, 15) is 18.6 Å². The summed E-state index contributed by atoms with van der Waals surface area (Å²) in [4.78, 5) is 36.8. The van der Waals surface area contributed by atoms with E-state index in [1.54, 1.807) is 30.3 Å². The minimum Gasteiger partial charge on any atom is -0.467 e. The molecule has 0 fully saturated rings. The van der Waals surface area contributed by atoms with Crippen molar-refractivity contribution in [2.24, 2.45) is 0 Å². The topological polar surface area (TPSA) is 98.8 Å². The fraction of sp³-hybridized carbons (Fsp3) is 0.250. The number of benzene rings is 2. The summed E-state index contributed by atoms with van der Waals surface area (Å²) in [5, 5.41) is 2.57. The van der Waals surface area contributed by atoms with Crippen molar-refractivity contribution in [3.8, 4) is 0 Å². The average molecular weight is 403 g/mol. The maximum absolute atomic E-state index is 12.5. The molecule has 1 N–H and O–H groups in total. The van der Waals surface area contributed by atoms with Crippen molar-refractivity contribution in [3.05, 3.63) is 65.7 Å². The monoisotopic (exact) mass is 403 g/mol. The van der Waals surface area contributed by atoms with E-state index in [0.29, 0.717) is 4.90 Å². The highest BCUT2D eigenvalue weighted by Gasteiger charge is 2.23. The molecule has 0 radical (unpaired) electrons. The second-order valence-electron chi connectivity index (χ2n) is 5.77. The van der Waals surface area contributed by atoms with Crippen LogP contribution in [0.4, 0.5) is 0 Å². The van der Waals surface area contributed by atoms with Gasteiger partial charge in [-0.1, -0.05) is 24.3 Å². The molecule has 0 aromatic heterocycles. The molecule has 0 spiro atoms. The van der Waals surface area contributed by atoms with Crippen molar-refractivity contribution in [3.63, 3.8) is 0 Å². The zero-order valence-corrected chi connectivity index (χ0v) is 16.4. The molecule has 2 aromatic carbocycles. The Balaban J connectivity index is 2.07. The van der Waals surface area contributed by atoms with Crippen molar-refractivity contribution in [2.45, 2.75) is 17.4 Å². The fourth-order valence-corrected chi connectivity index (χ4v) is 3.60. The number of carbonyl (C=O) groups is 3. The number of methoxy groups -OCH3 is 2. The third-order valence-corrected chi connectivity index (χ3v) is 5.34. The summed E-state index contributed by atoms with van der Waals surface area (Å²) in [7, 11) is 1.15. The Morgan fingerprint density at radius 3 is 2.29 bits per heavy atom. The minimum atomic E-state index is -1.31. The van der Waals surface area contributed by atoms with E-state index in [2.05, 4.69) is 10.1 Å². The van der Waals surface area contributed by atoms with Gasteiger partial charge >= 0.3 is 11.9 Å². The van der Waals surface area contributed by atoms with Gasteiger partial charge in [-0.15, -0.1) is 0 Å². The van der Waals surface area contributed by atoms with Gasteiger partial charge in [-0.3, -0.25) is 9.00 Å². The number of nitrogens with one attached hydrogen (secondary N) is 1. The Hall–Kier alpha value is -3.00. The average Bonchev–Trinajstić information content (AvgIpc) is 2.75. The molecule has 28 heavy (non-hydrogen) atoms. The van der Waals surface area contributed by atoms with Crippen LogP contribution in [0.3, 0.4) is 0 Å². The Bertz CT molecular complexity index is 868. The number of esters is 2. The Kier molecular flexibility index (Phi) is 7.88. The lowest BCUT2D eigenvalue weighted by molar-refractivity contribution is -0.142. The van der Waals surface area contributed by atoms with E-state index in [1.807, 2.05) is 6.07 Å². The summed E-state index contributed by atoms with van der Waals surface area (Å²) >= 11 is 0. The van der Waals surface area contributed by atoms with Gasteiger partial charge in [-0.05, 0) is 36.8 Å². The summed E-state index contributed by atoms with van der Waals surface area (Å²) in [5.74, 6) is -1.58. The molecule has 0 aliphatic rings. The predicted molar refractivity (Wildman–Crippen MR) is 103 cm³/mol. The number of hydrogen-bond acceptors (Lipinski definition) is 6. The summed E-state index contributed by atoms with van der Waals surface area (Å²) < 4.78 is 21.7. The van der Waals surface area contributed by atoms with Crippen molar-refractivity contribution in [1.29, 1.82) is 0 Å². The lowest BCUT2D eigenvalue weighted by Gasteiger charge is -2.16. The summed E-state index contributed by atoms with van der Waals surface area (Å²) in [6.07, 6.45) is 0.136. The first-order valence-electron chi connectivity index (χ1n) is 8.46. The summed E-state index contributed by atoms with van der Waals surface area (Å²) in [6, 6.07) is 13.8. The van der Waals surface area contributed by atoms with E-state index in [0.717, 1.165) is 0 Å².